The molecule has 0 aromatic rings. The van der Waals surface area contributed by atoms with Crippen molar-refractivity contribution in [2.45, 2.75) is 49.8 Å². The predicted molar refractivity (Wildman–Crippen MR) is 73.3 cm³/mol. The largest absolute Gasteiger partial charge is 0.353 e. The summed E-state index contributed by atoms with van der Waals surface area (Å²) >= 11 is 1.95. The zero-order valence-electron chi connectivity index (χ0n) is 10.7. The molecule has 1 heterocycles. The molecule has 0 spiro atoms. The van der Waals surface area contributed by atoms with Gasteiger partial charge >= 0.3 is 0 Å². The molecule has 17 heavy (non-hydrogen) atoms. The van der Waals surface area contributed by atoms with Crippen LogP contribution in [0.1, 0.15) is 38.5 Å². The van der Waals surface area contributed by atoms with Crippen LogP contribution in [0.4, 0.5) is 0 Å². The first-order valence-corrected chi connectivity index (χ1v) is 8.12. The minimum Gasteiger partial charge on any atom is -0.353 e. The SMILES string of the molecule is CSC1CCCC(NC(=O)[C@H]2CCCNC2)C1. The Bertz CT molecular complexity index is 254. The first-order chi connectivity index (χ1) is 8.29. The maximum Gasteiger partial charge on any atom is 0.224 e. The summed E-state index contributed by atoms with van der Waals surface area (Å²) in [6.07, 6.45) is 9.28. The summed E-state index contributed by atoms with van der Waals surface area (Å²) in [5.74, 6) is 0.488. The second kappa shape index (κ2) is 6.64. The Morgan fingerprint density at radius 1 is 1.29 bits per heavy atom. The van der Waals surface area contributed by atoms with Crippen LogP contribution in [-0.2, 0) is 4.79 Å². The van der Waals surface area contributed by atoms with Crippen molar-refractivity contribution in [1.29, 1.82) is 0 Å². The average molecular weight is 256 g/mol. The second-order valence-corrected chi connectivity index (χ2v) is 6.41. The summed E-state index contributed by atoms with van der Waals surface area (Å²) in [6.45, 7) is 1.94. The number of carbonyl (C=O) groups is 1. The van der Waals surface area contributed by atoms with E-state index < -0.39 is 0 Å². The van der Waals surface area contributed by atoms with Gasteiger partial charge in [0, 0.05) is 17.8 Å². The molecule has 3 nitrogen and oxygen atoms in total. The van der Waals surface area contributed by atoms with Crippen LogP contribution in [0.15, 0.2) is 0 Å². The lowest BCUT2D eigenvalue weighted by atomic mass is 9.93. The highest BCUT2D eigenvalue weighted by atomic mass is 32.2. The van der Waals surface area contributed by atoms with Gasteiger partial charge in [0.25, 0.3) is 0 Å². The number of rotatable bonds is 3. The number of amides is 1. The van der Waals surface area contributed by atoms with Crippen molar-refractivity contribution >= 4 is 17.7 Å². The number of nitrogens with one attached hydrogen (secondary N) is 2. The minimum absolute atomic E-state index is 0.207. The zero-order chi connectivity index (χ0) is 12.1. The molecule has 1 saturated heterocycles. The molecule has 0 bridgehead atoms. The topological polar surface area (TPSA) is 41.1 Å². The maximum atomic E-state index is 12.1. The summed E-state index contributed by atoms with van der Waals surface area (Å²) in [5, 5.41) is 7.32. The van der Waals surface area contributed by atoms with Gasteiger partial charge < -0.3 is 10.6 Å². The van der Waals surface area contributed by atoms with Gasteiger partial charge in [-0.25, -0.2) is 0 Å². The van der Waals surface area contributed by atoms with Gasteiger partial charge in [0.05, 0.1) is 5.92 Å². The predicted octanol–water partition coefficient (Wildman–Crippen LogP) is 1.78. The van der Waals surface area contributed by atoms with Gasteiger partial charge in [-0.2, -0.15) is 11.8 Å². The van der Waals surface area contributed by atoms with E-state index in [4.69, 9.17) is 0 Å². The van der Waals surface area contributed by atoms with Crippen molar-refractivity contribution in [3.05, 3.63) is 0 Å². The number of thioether (sulfide) groups is 1. The molecular weight excluding hydrogens is 232 g/mol. The van der Waals surface area contributed by atoms with Gasteiger partial charge in [-0.1, -0.05) is 6.42 Å². The second-order valence-electron chi connectivity index (χ2n) is 5.27. The van der Waals surface area contributed by atoms with Crippen LogP contribution < -0.4 is 10.6 Å². The number of hydrogen-bond donors (Lipinski definition) is 2. The lowest BCUT2D eigenvalue weighted by Crippen LogP contribution is -2.46. The molecule has 4 heteroatoms. The van der Waals surface area contributed by atoms with Gasteiger partial charge in [0.15, 0.2) is 0 Å². The van der Waals surface area contributed by atoms with Crippen LogP contribution in [0, 0.1) is 5.92 Å². The van der Waals surface area contributed by atoms with Crippen molar-refractivity contribution in [3.8, 4) is 0 Å². The molecule has 1 aliphatic carbocycles. The van der Waals surface area contributed by atoms with E-state index in [1.807, 2.05) is 11.8 Å². The van der Waals surface area contributed by atoms with Gasteiger partial charge in [0.2, 0.25) is 5.91 Å². The monoisotopic (exact) mass is 256 g/mol. The molecule has 98 valence electrons. The molecule has 1 amide bonds. The summed E-state index contributed by atoms with van der Waals surface area (Å²) in [6, 6.07) is 0.427. The van der Waals surface area contributed by atoms with Crippen molar-refractivity contribution in [3.63, 3.8) is 0 Å². The molecule has 2 N–H and O–H groups in total. The summed E-state index contributed by atoms with van der Waals surface area (Å²) < 4.78 is 0. The van der Waals surface area contributed by atoms with Crippen molar-refractivity contribution in [1.82, 2.24) is 10.6 Å². The zero-order valence-corrected chi connectivity index (χ0v) is 11.5. The number of piperidine rings is 1. The molecule has 1 saturated carbocycles. The molecule has 0 aromatic carbocycles. The van der Waals surface area contributed by atoms with Gasteiger partial charge in [-0.05, 0) is 44.9 Å². The van der Waals surface area contributed by atoms with E-state index in [9.17, 15) is 4.79 Å². The van der Waals surface area contributed by atoms with E-state index in [2.05, 4.69) is 16.9 Å². The fourth-order valence-corrected chi connectivity index (χ4v) is 3.71. The van der Waals surface area contributed by atoms with Crippen molar-refractivity contribution in [2.75, 3.05) is 19.3 Å². The Balaban J connectivity index is 1.77. The molecule has 1 aliphatic heterocycles. The number of hydrogen-bond acceptors (Lipinski definition) is 3. The minimum atomic E-state index is 0.207. The third kappa shape index (κ3) is 3.88. The van der Waals surface area contributed by atoms with E-state index in [0.717, 1.165) is 37.6 Å². The number of carbonyl (C=O) groups excluding carboxylic acids is 1. The third-order valence-electron chi connectivity index (χ3n) is 3.97. The quantitative estimate of drug-likeness (QED) is 0.809. The van der Waals surface area contributed by atoms with E-state index in [1.54, 1.807) is 0 Å². The molecule has 0 aromatic heterocycles. The van der Waals surface area contributed by atoms with Gasteiger partial charge in [-0.15, -0.1) is 0 Å². The Labute approximate surface area is 108 Å². The Morgan fingerprint density at radius 3 is 2.88 bits per heavy atom. The Hall–Kier alpha value is -0.220. The van der Waals surface area contributed by atoms with Gasteiger partial charge in [-0.3, -0.25) is 4.79 Å². The average Bonchev–Trinajstić information content (AvgIpc) is 2.40. The van der Waals surface area contributed by atoms with Crippen molar-refractivity contribution in [2.24, 2.45) is 5.92 Å². The van der Waals surface area contributed by atoms with Gasteiger partial charge in [0.1, 0.15) is 0 Å². The molecule has 2 fully saturated rings. The lowest BCUT2D eigenvalue weighted by Gasteiger charge is -2.31. The summed E-state index contributed by atoms with van der Waals surface area (Å²) in [4.78, 5) is 12.1. The van der Waals surface area contributed by atoms with E-state index in [1.165, 1.54) is 19.3 Å². The first kappa shape index (κ1) is 13.2. The lowest BCUT2D eigenvalue weighted by molar-refractivity contribution is -0.126. The molecule has 2 unspecified atom stereocenters. The first-order valence-electron chi connectivity index (χ1n) is 6.83. The van der Waals surface area contributed by atoms with Crippen LogP contribution in [0.3, 0.4) is 0 Å². The Kier molecular flexibility index (Phi) is 5.16. The highest BCUT2D eigenvalue weighted by Crippen LogP contribution is 2.27. The van der Waals surface area contributed by atoms with E-state index in [-0.39, 0.29) is 11.8 Å². The highest BCUT2D eigenvalue weighted by Gasteiger charge is 2.26. The van der Waals surface area contributed by atoms with E-state index >= 15 is 0 Å². The summed E-state index contributed by atoms with van der Waals surface area (Å²) in [7, 11) is 0. The van der Waals surface area contributed by atoms with Crippen LogP contribution in [0.2, 0.25) is 0 Å². The van der Waals surface area contributed by atoms with Crippen LogP contribution in [-0.4, -0.2) is 36.5 Å². The smallest absolute Gasteiger partial charge is 0.224 e. The Morgan fingerprint density at radius 2 is 2.18 bits per heavy atom. The summed E-state index contributed by atoms with van der Waals surface area (Å²) in [5.41, 5.74) is 0. The van der Waals surface area contributed by atoms with Crippen LogP contribution in [0.25, 0.3) is 0 Å². The standard InChI is InChI=1S/C13H24N2OS/c1-17-12-6-2-5-11(8-12)15-13(16)10-4-3-7-14-9-10/h10-12,14H,2-9H2,1H3,(H,15,16)/t10-,11?,12?/m0/s1. The molecule has 0 radical (unpaired) electrons. The van der Waals surface area contributed by atoms with Crippen LogP contribution >= 0.6 is 11.8 Å². The molecule has 2 rings (SSSR count). The molecule has 3 atom stereocenters. The molecular formula is C13H24N2OS. The fraction of sp³-hybridized carbons (Fsp3) is 0.923. The maximum absolute atomic E-state index is 12.1. The normalized spacial score (nSPS) is 34.3. The van der Waals surface area contributed by atoms with Crippen LogP contribution in [0.5, 0.6) is 0 Å². The van der Waals surface area contributed by atoms with E-state index in [0.29, 0.717) is 6.04 Å². The molecule has 2 aliphatic rings. The highest BCUT2D eigenvalue weighted by molar-refractivity contribution is 7.99. The fourth-order valence-electron chi connectivity index (χ4n) is 2.88. The third-order valence-corrected chi connectivity index (χ3v) is 5.07. The van der Waals surface area contributed by atoms with Crippen molar-refractivity contribution < 1.29 is 4.79 Å².